The molecule has 146 valence electrons. The van der Waals surface area contributed by atoms with Gasteiger partial charge in [-0.05, 0) is 31.2 Å². The van der Waals surface area contributed by atoms with Crippen molar-refractivity contribution in [3.05, 3.63) is 45.2 Å². The lowest BCUT2D eigenvalue weighted by atomic mass is 9.97. The number of nitrogens with zero attached hydrogens (tertiary/aromatic N) is 4. The fraction of sp³-hybridized carbons (Fsp3) is 0.389. The molecule has 1 unspecified atom stereocenters. The monoisotopic (exact) mass is 417 g/mol. The average molecular weight is 418 g/mol. The smallest absolute Gasteiger partial charge is 0.267 e. The first-order chi connectivity index (χ1) is 13.6. The lowest BCUT2D eigenvalue weighted by Gasteiger charge is -2.30. The minimum absolute atomic E-state index is 0.0161. The van der Waals surface area contributed by atoms with Gasteiger partial charge in [-0.3, -0.25) is 14.9 Å². The van der Waals surface area contributed by atoms with Crippen LogP contribution >= 0.6 is 22.7 Å². The molecule has 3 aromatic rings. The van der Waals surface area contributed by atoms with Crippen molar-refractivity contribution in [1.82, 2.24) is 20.0 Å². The number of thiophene rings is 1. The summed E-state index contributed by atoms with van der Waals surface area (Å²) in [6, 6.07) is 3.59. The van der Waals surface area contributed by atoms with E-state index in [4.69, 9.17) is 4.52 Å². The van der Waals surface area contributed by atoms with Gasteiger partial charge in [-0.1, -0.05) is 11.2 Å². The van der Waals surface area contributed by atoms with Crippen molar-refractivity contribution in [2.75, 3.05) is 18.4 Å². The molecule has 8 nitrogen and oxygen atoms in total. The van der Waals surface area contributed by atoms with Crippen molar-refractivity contribution in [1.29, 1.82) is 0 Å². The van der Waals surface area contributed by atoms with Gasteiger partial charge in [0, 0.05) is 18.5 Å². The predicted molar refractivity (Wildman–Crippen MR) is 106 cm³/mol. The second-order valence-electron chi connectivity index (χ2n) is 6.61. The van der Waals surface area contributed by atoms with Crippen molar-refractivity contribution < 1.29 is 14.1 Å². The summed E-state index contributed by atoms with van der Waals surface area (Å²) in [5.74, 6) is 1.12. The Morgan fingerprint density at radius 2 is 2.25 bits per heavy atom. The summed E-state index contributed by atoms with van der Waals surface area (Å²) >= 11 is 2.69. The molecular formula is C18H19N5O3S2. The van der Waals surface area contributed by atoms with Gasteiger partial charge in [0.1, 0.15) is 0 Å². The number of rotatable bonds is 5. The minimum atomic E-state index is -0.184. The first-order valence-corrected chi connectivity index (χ1v) is 10.7. The van der Waals surface area contributed by atoms with Gasteiger partial charge in [0.05, 0.1) is 22.9 Å². The van der Waals surface area contributed by atoms with Gasteiger partial charge in [-0.2, -0.15) is 4.98 Å². The summed E-state index contributed by atoms with van der Waals surface area (Å²) in [5, 5.41) is 10.8. The number of anilines is 1. The number of hydrogen-bond donors (Lipinski definition) is 1. The topological polar surface area (TPSA) is 101 Å². The van der Waals surface area contributed by atoms with Crippen LogP contribution in [-0.2, 0) is 11.2 Å². The van der Waals surface area contributed by atoms with Crippen LogP contribution < -0.4 is 5.32 Å². The Balaban J connectivity index is 1.34. The predicted octanol–water partition coefficient (Wildman–Crippen LogP) is 3.10. The zero-order valence-corrected chi connectivity index (χ0v) is 16.9. The number of aromatic nitrogens is 3. The number of nitrogens with one attached hydrogen (secondary N) is 1. The summed E-state index contributed by atoms with van der Waals surface area (Å²) in [6.45, 7) is 3.08. The second kappa shape index (κ2) is 8.19. The maximum atomic E-state index is 12.7. The Morgan fingerprint density at radius 3 is 3.00 bits per heavy atom. The zero-order chi connectivity index (χ0) is 19.5. The number of thiazole rings is 1. The van der Waals surface area contributed by atoms with E-state index in [9.17, 15) is 9.59 Å². The highest BCUT2D eigenvalue weighted by Crippen LogP contribution is 2.26. The standard InChI is InChI=1S/C18H19N5O3S2/c1-11-19-17(26-22-11)12-4-2-6-23(9-12)15(24)8-13-10-28-18(20-13)21-16(25)14-5-3-7-27-14/h3,5,7,10,12H,2,4,6,8-9H2,1H3,(H,20,21,25). The van der Waals surface area contributed by atoms with Crippen molar-refractivity contribution in [2.24, 2.45) is 0 Å². The molecule has 0 aliphatic carbocycles. The molecule has 0 aromatic carbocycles. The maximum Gasteiger partial charge on any atom is 0.267 e. The SMILES string of the molecule is Cc1noc(C2CCCN(C(=O)Cc3csc(NC(=O)c4cccs4)n3)C2)n1. The summed E-state index contributed by atoms with van der Waals surface area (Å²) < 4.78 is 5.27. The number of aryl methyl sites for hydroxylation is 1. The Kier molecular flexibility index (Phi) is 5.49. The Labute approximate surface area is 169 Å². The normalized spacial score (nSPS) is 16.9. The molecule has 1 aliphatic rings. The number of piperidine rings is 1. The molecule has 28 heavy (non-hydrogen) atoms. The molecule has 0 spiro atoms. The van der Waals surface area contributed by atoms with E-state index in [0.717, 1.165) is 12.8 Å². The van der Waals surface area contributed by atoms with Crippen molar-refractivity contribution >= 4 is 39.6 Å². The summed E-state index contributed by atoms with van der Waals surface area (Å²) in [6.07, 6.45) is 2.04. The Morgan fingerprint density at radius 1 is 1.36 bits per heavy atom. The molecule has 1 aliphatic heterocycles. The van der Waals surface area contributed by atoms with Crippen LogP contribution in [0.15, 0.2) is 27.4 Å². The molecular weight excluding hydrogens is 398 g/mol. The highest BCUT2D eigenvalue weighted by Gasteiger charge is 2.28. The van der Waals surface area contributed by atoms with E-state index in [1.807, 2.05) is 21.7 Å². The minimum Gasteiger partial charge on any atom is -0.342 e. The fourth-order valence-electron chi connectivity index (χ4n) is 3.16. The molecule has 0 bridgehead atoms. The Bertz CT molecular complexity index is 966. The lowest BCUT2D eigenvalue weighted by Crippen LogP contribution is -2.40. The van der Waals surface area contributed by atoms with Gasteiger partial charge in [0.25, 0.3) is 5.91 Å². The van der Waals surface area contributed by atoms with Gasteiger partial charge < -0.3 is 9.42 Å². The molecule has 2 amide bonds. The van der Waals surface area contributed by atoms with Crippen LogP contribution in [0.5, 0.6) is 0 Å². The number of carbonyl (C=O) groups excluding carboxylic acids is 2. The van der Waals surface area contributed by atoms with E-state index in [1.165, 1.54) is 22.7 Å². The molecule has 1 fully saturated rings. The molecule has 0 saturated carbocycles. The number of amides is 2. The number of carbonyl (C=O) groups is 2. The molecule has 1 saturated heterocycles. The fourth-order valence-corrected chi connectivity index (χ4v) is 4.49. The van der Waals surface area contributed by atoms with Crippen LogP contribution in [0.2, 0.25) is 0 Å². The zero-order valence-electron chi connectivity index (χ0n) is 15.3. The van der Waals surface area contributed by atoms with Crippen LogP contribution in [0.3, 0.4) is 0 Å². The van der Waals surface area contributed by atoms with Crippen LogP contribution in [0.4, 0.5) is 5.13 Å². The molecule has 3 aromatic heterocycles. The first kappa shape index (κ1) is 18.8. The molecule has 1 atom stereocenters. The number of likely N-dealkylation sites (tertiary alicyclic amines) is 1. The highest BCUT2D eigenvalue weighted by molar-refractivity contribution is 7.14. The van der Waals surface area contributed by atoms with E-state index in [2.05, 4.69) is 20.4 Å². The lowest BCUT2D eigenvalue weighted by molar-refractivity contribution is -0.131. The van der Waals surface area contributed by atoms with Crippen LogP contribution in [0.25, 0.3) is 0 Å². The van der Waals surface area contributed by atoms with E-state index in [0.29, 0.717) is 40.5 Å². The van der Waals surface area contributed by atoms with E-state index >= 15 is 0 Å². The third kappa shape index (κ3) is 4.28. The summed E-state index contributed by atoms with van der Waals surface area (Å²) in [7, 11) is 0. The second-order valence-corrected chi connectivity index (χ2v) is 8.42. The van der Waals surface area contributed by atoms with Crippen molar-refractivity contribution in [3.8, 4) is 0 Å². The molecule has 1 N–H and O–H groups in total. The van der Waals surface area contributed by atoms with Gasteiger partial charge in [-0.25, -0.2) is 4.98 Å². The quantitative estimate of drug-likeness (QED) is 0.684. The van der Waals surface area contributed by atoms with Crippen LogP contribution in [0, 0.1) is 6.92 Å². The molecule has 0 radical (unpaired) electrons. The van der Waals surface area contributed by atoms with Crippen molar-refractivity contribution in [3.63, 3.8) is 0 Å². The largest absolute Gasteiger partial charge is 0.342 e. The summed E-state index contributed by atoms with van der Waals surface area (Å²) in [4.78, 5) is 35.9. The van der Waals surface area contributed by atoms with E-state index in [-0.39, 0.29) is 24.2 Å². The molecule has 4 heterocycles. The van der Waals surface area contributed by atoms with Gasteiger partial charge in [0.2, 0.25) is 11.8 Å². The van der Waals surface area contributed by atoms with E-state index < -0.39 is 0 Å². The Hall–Kier alpha value is -2.59. The highest BCUT2D eigenvalue weighted by atomic mass is 32.1. The van der Waals surface area contributed by atoms with Gasteiger partial charge in [-0.15, -0.1) is 22.7 Å². The van der Waals surface area contributed by atoms with Crippen LogP contribution in [0.1, 0.15) is 45.8 Å². The van der Waals surface area contributed by atoms with E-state index in [1.54, 1.807) is 13.0 Å². The maximum absolute atomic E-state index is 12.7. The third-order valence-corrected chi connectivity index (χ3v) is 6.19. The summed E-state index contributed by atoms with van der Waals surface area (Å²) in [5.41, 5.74) is 0.659. The first-order valence-electron chi connectivity index (χ1n) is 8.95. The average Bonchev–Trinajstić information content (AvgIpc) is 3.44. The van der Waals surface area contributed by atoms with Crippen molar-refractivity contribution in [2.45, 2.75) is 32.1 Å². The molecule has 10 heteroatoms. The van der Waals surface area contributed by atoms with Gasteiger partial charge >= 0.3 is 0 Å². The van der Waals surface area contributed by atoms with Gasteiger partial charge in [0.15, 0.2) is 11.0 Å². The van der Waals surface area contributed by atoms with Crippen LogP contribution in [-0.4, -0.2) is 44.9 Å². The number of hydrogen-bond acceptors (Lipinski definition) is 8. The molecule has 4 rings (SSSR count). The third-order valence-electron chi connectivity index (χ3n) is 4.52.